The van der Waals surface area contributed by atoms with E-state index >= 15 is 0 Å². The number of rotatable bonds is 5. The van der Waals surface area contributed by atoms with Crippen LogP contribution in [0.2, 0.25) is 0 Å². The monoisotopic (exact) mass is 276 g/mol. The number of carbonyl (C=O) groups excluding carboxylic acids is 1. The molecule has 1 atom stereocenters. The Morgan fingerprint density at radius 2 is 2.00 bits per heavy atom. The van der Waals surface area contributed by atoms with Crippen LogP contribution in [0.3, 0.4) is 0 Å². The summed E-state index contributed by atoms with van der Waals surface area (Å²) in [6.07, 6.45) is 1.83. The summed E-state index contributed by atoms with van der Waals surface area (Å²) in [6, 6.07) is 10.5. The lowest BCUT2D eigenvalue weighted by Gasteiger charge is -2.33. The Kier molecular flexibility index (Phi) is 5.41. The molecule has 20 heavy (non-hydrogen) atoms. The smallest absolute Gasteiger partial charge is 0.223 e. The highest BCUT2D eigenvalue weighted by molar-refractivity contribution is 5.79. The Labute approximate surface area is 121 Å². The topological polar surface area (TPSA) is 41.6 Å². The van der Waals surface area contributed by atoms with Crippen LogP contribution in [-0.4, -0.2) is 38.8 Å². The molecule has 1 heterocycles. The third-order valence-corrected chi connectivity index (χ3v) is 3.79. The molecule has 1 aliphatic heterocycles. The second-order valence-electron chi connectivity index (χ2n) is 5.46. The maximum absolute atomic E-state index is 12.1. The number of para-hydroxylation sites is 1. The zero-order valence-corrected chi connectivity index (χ0v) is 12.3. The number of piperidine rings is 1. The lowest BCUT2D eigenvalue weighted by molar-refractivity contribution is -0.126. The van der Waals surface area contributed by atoms with Gasteiger partial charge in [-0.1, -0.05) is 18.2 Å². The van der Waals surface area contributed by atoms with Gasteiger partial charge >= 0.3 is 0 Å². The normalized spacial score (nSPS) is 17.8. The molecule has 1 fully saturated rings. The van der Waals surface area contributed by atoms with E-state index in [1.807, 2.05) is 13.0 Å². The van der Waals surface area contributed by atoms with Crippen LogP contribution < -0.4 is 10.2 Å². The van der Waals surface area contributed by atoms with Crippen LogP contribution in [0.5, 0.6) is 0 Å². The molecule has 1 aromatic carbocycles. The number of nitrogens with one attached hydrogen (secondary N) is 1. The van der Waals surface area contributed by atoms with Gasteiger partial charge in [-0.05, 0) is 31.9 Å². The van der Waals surface area contributed by atoms with Gasteiger partial charge in [0, 0.05) is 37.8 Å². The molecule has 110 valence electrons. The molecule has 0 aliphatic carbocycles. The number of hydrogen-bond donors (Lipinski definition) is 1. The van der Waals surface area contributed by atoms with E-state index in [1.165, 1.54) is 5.69 Å². The Hall–Kier alpha value is -1.55. The van der Waals surface area contributed by atoms with Crippen LogP contribution in [0.15, 0.2) is 30.3 Å². The lowest BCUT2D eigenvalue weighted by atomic mass is 9.95. The minimum atomic E-state index is 0.0830. The molecular weight excluding hydrogens is 252 g/mol. The highest BCUT2D eigenvalue weighted by Gasteiger charge is 2.25. The number of anilines is 1. The predicted octanol–water partition coefficient (Wildman–Crippen LogP) is 2.05. The van der Waals surface area contributed by atoms with Gasteiger partial charge in [-0.2, -0.15) is 0 Å². The number of amides is 1. The summed E-state index contributed by atoms with van der Waals surface area (Å²) in [4.78, 5) is 14.5. The van der Waals surface area contributed by atoms with Crippen molar-refractivity contribution in [3.8, 4) is 0 Å². The van der Waals surface area contributed by atoms with Crippen molar-refractivity contribution in [2.75, 3.05) is 31.7 Å². The van der Waals surface area contributed by atoms with E-state index in [0.29, 0.717) is 6.61 Å². The largest absolute Gasteiger partial charge is 0.383 e. The molecule has 0 bridgehead atoms. The number of ether oxygens (including phenoxy) is 1. The molecule has 1 saturated heterocycles. The number of nitrogens with zero attached hydrogens (tertiary/aromatic N) is 1. The van der Waals surface area contributed by atoms with E-state index in [1.54, 1.807) is 7.11 Å². The molecule has 0 radical (unpaired) electrons. The maximum Gasteiger partial charge on any atom is 0.223 e. The first-order chi connectivity index (χ1) is 9.70. The molecule has 1 aliphatic rings. The van der Waals surface area contributed by atoms with Crippen molar-refractivity contribution in [1.82, 2.24) is 5.32 Å². The SMILES string of the molecule is COCC(C)NC(=O)C1CCN(c2ccccc2)CC1. The van der Waals surface area contributed by atoms with Crippen molar-refractivity contribution in [2.45, 2.75) is 25.8 Å². The highest BCUT2D eigenvalue weighted by Crippen LogP contribution is 2.23. The van der Waals surface area contributed by atoms with E-state index in [2.05, 4.69) is 34.5 Å². The lowest BCUT2D eigenvalue weighted by Crippen LogP contribution is -2.44. The van der Waals surface area contributed by atoms with Crippen molar-refractivity contribution in [3.63, 3.8) is 0 Å². The number of methoxy groups -OCH3 is 1. The summed E-state index contributed by atoms with van der Waals surface area (Å²) in [7, 11) is 1.65. The zero-order chi connectivity index (χ0) is 14.4. The van der Waals surface area contributed by atoms with E-state index < -0.39 is 0 Å². The molecule has 1 amide bonds. The molecule has 0 saturated carbocycles. The number of benzene rings is 1. The van der Waals surface area contributed by atoms with Crippen LogP contribution in [0.1, 0.15) is 19.8 Å². The highest BCUT2D eigenvalue weighted by atomic mass is 16.5. The van der Waals surface area contributed by atoms with E-state index in [0.717, 1.165) is 25.9 Å². The third-order valence-electron chi connectivity index (χ3n) is 3.79. The Bertz CT molecular complexity index is 414. The summed E-state index contributed by atoms with van der Waals surface area (Å²) in [5.41, 5.74) is 1.25. The van der Waals surface area contributed by atoms with Gasteiger partial charge < -0.3 is 15.0 Å². The quantitative estimate of drug-likeness (QED) is 0.895. The molecule has 1 unspecified atom stereocenters. The van der Waals surface area contributed by atoms with Gasteiger partial charge in [0.2, 0.25) is 5.91 Å². The van der Waals surface area contributed by atoms with Gasteiger partial charge in [-0.3, -0.25) is 4.79 Å². The Morgan fingerprint density at radius 3 is 2.60 bits per heavy atom. The molecule has 4 nitrogen and oxygen atoms in total. The fraction of sp³-hybridized carbons (Fsp3) is 0.562. The minimum Gasteiger partial charge on any atom is -0.383 e. The molecule has 0 aromatic heterocycles. The molecule has 4 heteroatoms. The van der Waals surface area contributed by atoms with Crippen molar-refractivity contribution < 1.29 is 9.53 Å². The predicted molar refractivity (Wildman–Crippen MR) is 80.9 cm³/mol. The van der Waals surface area contributed by atoms with E-state index in [-0.39, 0.29) is 17.9 Å². The zero-order valence-electron chi connectivity index (χ0n) is 12.3. The maximum atomic E-state index is 12.1. The molecule has 0 spiro atoms. The second kappa shape index (κ2) is 7.29. The van der Waals surface area contributed by atoms with Crippen LogP contribution in [0.25, 0.3) is 0 Å². The van der Waals surface area contributed by atoms with Crippen molar-refractivity contribution in [1.29, 1.82) is 0 Å². The van der Waals surface area contributed by atoms with Gasteiger partial charge in [-0.15, -0.1) is 0 Å². The first kappa shape index (κ1) is 14.9. The fourth-order valence-corrected chi connectivity index (χ4v) is 2.69. The van der Waals surface area contributed by atoms with Gasteiger partial charge in [-0.25, -0.2) is 0 Å². The number of hydrogen-bond acceptors (Lipinski definition) is 3. The van der Waals surface area contributed by atoms with Crippen LogP contribution in [0.4, 0.5) is 5.69 Å². The molecule has 1 aromatic rings. The van der Waals surface area contributed by atoms with E-state index in [4.69, 9.17) is 4.74 Å². The standard InChI is InChI=1S/C16H24N2O2/c1-13(12-20-2)17-16(19)14-8-10-18(11-9-14)15-6-4-3-5-7-15/h3-7,13-14H,8-12H2,1-2H3,(H,17,19). The van der Waals surface area contributed by atoms with Crippen molar-refractivity contribution in [3.05, 3.63) is 30.3 Å². The summed E-state index contributed by atoms with van der Waals surface area (Å²) in [5, 5.41) is 3.02. The van der Waals surface area contributed by atoms with Crippen LogP contribution in [0, 0.1) is 5.92 Å². The van der Waals surface area contributed by atoms with Crippen LogP contribution in [-0.2, 0) is 9.53 Å². The molecule has 2 rings (SSSR count). The summed E-state index contributed by atoms with van der Waals surface area (Å²) < 4.78 is 5.04. The van der Waals surface area contributed by atoms with Crippen molar-refractivity contribution in [2.24, 2.45) is 5.92 Å². The summed E-state index contributed by atoms with van der Waals surface area (Å²) in [5.74, 6) is 0.302. The van der Waals surface area contributed by atoms with Gasteiger partial charge in [0.1, 0.15) is 0 Å². The van der Waals surface area contributed by atoms with Crippen LogP contribution >= 0.6 is 0 Å². The average Bonchev–Trinajstić information content (AvgIpc) is 2.48. The summed E-state index contributed by atoms with van der Waals surface area (Å²) >= 11 is 0. The minimum absolute atomic E-state index is 0.0830. The van der Waals surface area contributed by atoms with E-state index in [9.17, 15) is 4.79 Å². The van der Waals surface area contributed by atoms with Gasteiger partial charge in [0.25, 0.3) is 0 Å². The number of carbonyl (C=O) groups is 1. The molecular formula is C16H24N2O2. The Morgan fingerprint density at radius 1 is 1.35 bits per heavy atom. The first-order valence-electron chi connectivity index (χ1n) is 7.30. The first-order valence-corrected chi connectivity index (χ1v) is 7.30. The third kappa shape index (κ3) is 3.97. The van der Waals surface area contributed by atoms with Gasteiger partial charge in [0.15, 0.2) is 0 Å². The average molecular weight is 276 g/mol. The second-order valence-corrected chi connectivity index (χ2v) is 5.46. The fourth-order valence-electron chi connectivity index (χ4n) is 2.69. The molecule has 1 N–H and O–H groups in total. The van der Waals surface area contributed by atoms with Gasteiger partial charge in [0.05, 0.1) is 6.61 Å². The Balaban J connectivity index is 1.80. The van der Waals surface area contributed by atoms with Crippen molar-refractivity contribution >= 4 is 11.6 Å². The summed E-state index contributed by atoms with van der Waals surface area (Å²) in [6.45, 7) is 4.43.